The van der Waals surface area contributed by atoms with Crippen LogP contribution >= 0.6 is 24.0 Å². The Balaban J connectivity index is 1.36. The number of nitrogens with zero attached hydrogens (tertiary/aromatic N) is 2. The monoisotopic (exact) mass is 647 g/mol. The second-order valence-corrected chi connectivity index (χ2v) is 12.2. The van der Waals surface area contributed by atoms with Gasteiger partial charge < -0.3 is 10.4 Å². The second kappa shape index (κ2) is 14.8. The molecule has 44 heavy (non-hydrogen) atoms. The number of para-hydroxylation sites is 1. The van der Waals surface area contributed by atoms with Crippen LogP contribution in [0.3, 0.4) is 0 Å². The van der Waals surface area contributed by atoms with Gasteiger partial charge in [0.05, 0.1) is 21.7 Å². The van der Waals surface area contributed by atoms with Gasteiger partial charge in [-0.2, -0.15) is 13.2 Å². The molecule has 0 spiro atoms. The van der Waals surface area contributed by atoms with Crippen molar-refractivity contribution in [3.05, 3.63) is 64.6 Å². The number of carbonyl (C=O) groups is 4. The van der Waals surface area contributed by atoms with Crippen molar-refractivity contribution in [2.45, 2.75) is 64.0 Å². The van der Waals surface area contributed by atoms with Crippen LogP contribution < -0.4 is 10.2 Å². The molecule has 0 bridgehead atoms. The number of fused-ring (bicyclic) bond motifs is 1. The summed E-state index contributed by atoms with van der Waals surface area (Å²) in [5.74, 6) is -2.39. The van der Waals surface area contributed by atoms with Gasteiger partial charge in [0.1, 0.15) is 10.9 Å². The number of anilines is 2. The molecule has 1 saturated heterocycles. The molecule has 3 amide bonds. The normalized spacial score (nSPS) is 16.6. The van der Waals surface area contributed by atoms with Crippen LogP contribution in [0.5, 0.6) is 0 Å². The minimum absolute atomic E-state index is 0.0541. The first-order chi connectivity index (χ1) is 21.0. The third kappa shape index (κ3) is 8.26. The lowest BCUT2D eigenvalue weighted by atomic mass is 10.1. The first-order valence-corrected chi connectivity index (χ1v) is 15.6. The first kappa shape index (κ1) is 33.2. The Kier molecular flexibility index (Phi) is 11.2. The molecule has 0 aromatic heterocycles. The zero-order valence-electron chi connectivity index (χ0n) is 23.8. The quantitative estimate of drug-likeness (QED) is 0.131. The van der Waals surface area contributed by atoms with Crippen LogP contribution in [0.25, 0.3) is 5.57 Å². The Bertz CT molecular complexity index is 1480. The maximum Gasteiger partial charge on any atom is 0.416 e. The largest absolute Gasteiger partial charge is 0.481 e. The Morgan fingerprint density at radius 3 is 2.20 bits per heavy atom. The molecule has 13 heteroatoms. The third-order valence-corrected chi connectivity index (χ3v) is 8.75. The van der Waals surface area contributed by atoms with E-state index in [0.29, 0.717) is 28.5 Å². The number of carboxylic acids is 1. The highest BCUT2D eigenvalue weighted by molar-refractivity contribution is 8.26. The number of benzene rings is 2. The lowest BCUT2D eigenvalue weighted by molar-refractivity contribution is -0.138. The third-order valence-electron chi connectivity index (χ3n) is 7.30. The van der Waals surface area contributed by atoms with Crippen molar-refractivity contribution in [2.24, 2.45) is 0 Å². The van der Waals surface area contributed by atoms with E-state index in [1.807, 2.05) is 0 Å². The molecule has 0 saturated carbocycles. The molecule has 2 aromatic rings. The number of aliphatic carboxylic acids is 1. The summed E-state index contributed by atoms with van der Waals surface area (Å²) in [4.78, 5) is 53.4. The molecule has 4 rings (SSSR count). The van der Waals surface area contributed by atoms with Gasteiger partial charge >= 0.3 is 12.1 Å². The molecule has 2 heterocycles. The van der Waals surface area contributed by atoms with Gasteiger partial charge in [0.25, 0.3) is 11.8 Å². The minimum atomic E-state index is -4.57. The van der Waals surface area contributed by atoms with Gasteiger partial charge in [-0.3, -0.25) is 29.0 Å². The van der Waals surface area contributed by atoms with E-state index in [2.05, 4.69) is 5.32 Å². The van der Waals surface area contributed by atoms with E-state index in [4.69, 9.17) is 17.3 Å². The number of halogens is 3. The number of amides is 3. The van der Waals surface area contributed by atoms with E-state index >= 15 is 0 Å². The fourth-order valence-electron chi connectivity index (χ4n) is 5.12. The molecule has 1 fully saturated rings. The molecule has 2 N–H and O–H groups in total. The molecular formula is C31H32F3N3O5S2. The van der Waals surface area contributed by atoms with E-state index in [9.17, 15) is 32.3 Å². The summed E-state index contributed by atoms with van der Waals surface area (Å²) in [5.41, 5.74) is 0.0807. The van der Waals surface area contributed by atoms with Crippen molar-refractivity contribution in [1.29, 1.82) is 0 Å². The van der Waals surface area contributed by atoms with Crippen molar-refractivity contribution < 1.29 is 37.5 Å². The van der Waals surface area contributed by atoms with Gasteiger partial charge in [0.2, 0.25) is 5.91 Å². The van der Waals surface area contributed by atoms with Crippen LogP contribution in [0.1, 0.15) is 68.9 Å². The SMILES string of the molecule is O=C(O)CCCCCCCCCCN1C(=O)/C(=C2/C(=O)N(CC(=O)Nc3cccc(C(F)(F)F)c3)c3ccccc32)SC1=S. The van der Waals surface area contributed by atoms with Gasteiger partial charge in [-0.05, 0) is 37.1 Å². The van der Waals surface area contributed by atoms with E-state index in [0.717, 1.165) is 68.8 Å². The number of unbranched alkanes of at least 4 members (excludes halogenated alkanes) is 7. The van der Waals surface area contributed by atoms with Crippen LogP contribution in [0.2, 0.25) is 0 Å². The molecule has 8 nitrogen and oxygen atoms in total. The summed E-state index contributed by atoms with van der Waals surface area (Å²) in [6.45, 7) is -0.0472. The number of thiocarbonyl (C=S) groups is 1. The van der Waals surface area contributed by atoms with Crippen molar-refractivity contribution in [1.82, 2.24) is 4.90 Å². The van der Waals surface area contributed by atoms with E-state index in [-0.39, 0.29) is 28.5 Å². The Labute approximate surface area is 262 Å². The topological polar surface area (TPSA) is 107 Å². The summed E-state index contributed by atoms with van der Waals surface area (Å²) in [5, 5.41) is 11.1. The van der Waals surface area contributed by atoms with Crippen molar-refractivity contribution >= 4 is 68.9 Å². The molecule has 2 aliphatic rings. The molecule has 234 valence electrons. The zero-order chi connectivity index (χ0) is 31.9. The molecule has 0 aliphatic carbocycles. The highest BCUT2D eigenvalue weighted by atomic mass is 32.2. The van der Waals surface area contributed by atoms with Crippen LogP contribution in [0.15, 0.2) is 53.4 Å². The van der Waals surface area contributed by atoms with E-state index in [1.165, 1.54) is 21.9 Å². The molecule has 0 atom stereocenters. The van der Waals surface area contributed by atoms with Gasteiger partial charge in [0, 0.05) is 24.2 Å². The lowest BCUT2D eigenvalue weighted by Gasteiger charge is -2.17. The Hall–Kier alpha value is -3.71. The number of thioether (sulfide) groups is 1. The van der Waals surface area contributed by atoms with Gasteiger partial charge in [-0.15, -0.1) is 0 Å². The number of carbonyl (C=O) groups excluding carboxylic acids is 3. The summed E-state index contributed by atoms with van der Waals surface area (Å²) in [6.07, 6.45) is 2.89. The summed E-state index contributed by atoms with van der Waals surface area (Å²) in [7, 11) is 0. The van der Waals surface area contributed by atoms with Crippen LogP contribution in [-0.2, 0) is 25.4 Å². The number of carboxylic acid groups (broad SMARTS) is 1. The predicted octanol–water partition coefficient (Wildman–Crippen LogP) is 6.86. The number of alkyl halides is 3. The molecule has 0 unspecified atom stereocenters. The molecular weight excluding hydrogens is 615 g/mol. The fourth-order valence-corrected chi connectivity index (χ4v) is 6.50. The van der Waals surface area contributed by atoms with Crippen LogP contribution in [-0.4, -0.2) is 51.1 Å². The summed E-state index contributed by atoms with van der Waals surface area (Å²) >= 11 is 6.52. The second-order valence-electron chi connectivity index (χ2n) is 10.5. The smallest absolute Gasteiger partial charge is 0.416 e. The highest BCUT2D eigenvalue weighted by Gasteiger charge is 2.42. The van der Waals surface area contributed by atoms with E-state index in [1.54, 1.807) is 24.3 Å². The standard InChI is InChI=1S/C31H32F3N3O5S2/c32-31(33,34)20-12-11-13-21(18-20)35-24(38)19-37-23-15-9-8-14-22(23)26(28(37)41)27-29(42)36(30(43)44-27)17-10-6-4-2-1-3-5-7-16-25(39)40/h8-9,11-15,18H,1-7,10,16-17,19H2,(H,35,38)(H,39,40)/b27-26-. The number of nitrogens with one attached hydrogen (secondary N) is 1. The maximum absolute atomic E-state index is 13.6. The average Bonchev–Trinajstić information content (AvgIpc) is 3.40. The van der Waals surface area contributed by atoms with Gasteiger partial charge in [0.15, 0.2) is 0 Å². The maximum atomic E-state index is 13.6. The molecule has 0 radical (unpaired) electrons. The number of hydrogen-bond donors (Lipinski definition) is 2. The number of rotatable bonds is 14. The Morgan fingerprint density at radius 1 is 0.864 bits per heavy atom. The van der Waals surface area contributed by atoms with Gasteiger partial charge in [-0.25, -0.2) is 0 Å². The van der Waals surface area contributed by atoms with Crippen LogP contribution in [0, 0.1) is 0 Å². The van der Waals surface area contributed by atoms with Gasteiger partial charge in [-0.1, -0.05) is 86.8 Å². The summed E-state index contributed by atoms with van der Waals surface area (Å²) < 4.78 is 39.6. The highest BCUT2D eigenvalue weighted by Crippen LogP contribution is 2.44. The average molecular weight is 648 g/mol. The molecule has 2 aliphatic heterocycles. The zero-order valence-corrected chi connectivity index (χ0v) is 25.5. The van der Waals surface area contributed by atoms with E-state index < -0.39 is 36.1 Å². The van der Waals surface area contributed by atoms with Crippen molar-refractivity contribution in [3.8, 4) is 0 Å². The predicted molar refractivity (Wildman–Crippen MR) is 167 cm³/mol. The lowest BCUT2D eigenvalue weighted by Crippen LogP contribution is -2.35. The minimum Gasteiger partial charge on any atom is -0.481 e. The summed E-state index contributed by atoms with van der Waals surface area (Å²) in [6, 6.07) is 11.0. The van der Waals surface area contributed by atoms with Crippen LogP contribution in [0.4, 0.5) is 24.5 Å². The fraction of sp³-hybridized carbons (Fsp3) is 0.387. The van der Waals surface area contributed by atoms with Crippen molar-refractivity contribution in [2.75, 3.05) is 23.3 Å². The van der Waals surface area contributed by atoms with Crippen molar-refractivity contribution in [3.63, 3.8) is 0 Å². The first-order valence-electron chi connectivity index (χ1n) is 14.4. The Morgan fingerprint density at radius 2 is 1.52 bits per heavy atom. The number of hydrogen-bond acceptors (Lipinski definition) is 6. The molecule has 2 aromatic carbocycles.